The van der Waals surface area contributed by atoms with Crippen LogP contribution in [0.15, 0.2) is 18.7 Å². The van der Waals surface area contributed by atoms with E-state index < -0.39 is 0 Å². The van der Waals surface area contributed by atoms with Crippen LogP contribution in [0.4, 0.5) is 0 Å². The van der Waals surface area contributed by atoms with E-state index in [0.29, 0.717) is 5.54 Å². The number of likely N-dealkylation sites (N-methyl/N-ethyl adjacent to an activating group) is 1. The topological polar surface area (TPSA) is 27.5 Å². The number of hydrogen-bond donors (Lipinski definition) is 0. The number of hydrogen-bond acceptors (Lipinski definition) is 4. The Morgan fingerprint density at radius 3 is 2.59 bits per heavy atom. The van der Waals surface area contributed by atoms with E-state index in [-0.39, 0.29) is 0 Å². The number of likely N-dealkylation sites (tertiary alicyclic amines) is 1. The van der Waals surface area contributed by atoms with Gasteiger partial charge in [0.15, 0.2) is 0 Å². The van der Waals surface area contributed by atoms with Gasteiger partial charge in [-0.2, -0.15) is 0 Å². The molecule has 3 heterocycles. The van der Waals surface area contributed by atoms with E-state index in [9.17, 15) is 0 Å². The third-order valence-electron chi connectivity index (χ3n) is 5.66. The number of nitrogens with zero attached hydrogens (tertiary/aromatic N) is 5. The molecule has 1 aromatic rings. The lowest BCUT2D eigenvalue weighted by atomic mass is 9.85. The van der Waals surface area contributed by atoms with Crippen LogP contribution in [0.5, 0.6) is 0 Å². The summed E-state index contributed by atoms with van der Waals surface area (Å²) in [4.78, 5) is 12.0. The number of aryl methyl sites for hydroxylation is 1. The molecule has 2 fully saturated rings. The lowest BCUT2D eigenvalue weighted by Gasteiger charge is -2.47. The molecule has 5 nitrogen and oxygen atoms in total. The third kappa shape index (κ3) is 3.70. The molecule has 0 amide bonds. The van der Waals surface area contributed by atoms with Gasteiger partial charge in [-0.1, -0.05) is 0 Å². The van der Waals surface area contributed by atoms with Crippen molar-refractivity contribution >= 4 is 0 Å². The standard InChI is InChI=1S/C17H31N5/c1-19-12-5-17(6-13-19)15-21(9-3-8-20(17)2)10-4-11-22-14-7-18-16-22/h7,14,16H,3-6,8-13,15H2,1-2H3. The van der Waals surface area contributed by atoms with E-state index in [0.717, 1.165) is 6.54 Å². The number of imidazole rings is 1. The van der Waals surface area contributed by atoms with Crippen LogP contribution in [0.3, 0.4) is 0 Å². The highest BCUT2D eigenvalue weighted by Gasteiger charge is 2.39. The summed E-state index contributed by atoms with van der Waals surface area (Å²) in [6.45, 7) is 8.54. The van der Waals surface area contributed by atoms with Gasteiger partial charge in [-0.25, -0.2) is 4.98 Å². The van der Waals surface area contributed by atoms with Crippen LogP contribution in [0.1, 0.15) is 25.7 Å². The van der Waals surface area contributed by atoms with E-state index in [1.165, 1.54) is 65.0 Å². The van der Waals surface area contributed by atoms with Crippen molar-refractivity contribution in [2.45, 2.75) is 37.8 Å². The highest BCUT2D eigenvalue weighted by atomic mass is 15.3. The fourth-order valence-electron chi connectivity index (χ4n) is 4.05. The maximum absolute atomic E-state index is 4.13. The quantitative estimate of drug-likeness (QED) is 0.840. The molecule has 5 heteroatoms. The van der Waals surface area contributed by atoms with Gasteiger partial charge in [0.1, 0.15) is 0 Å². The molecule has 0 N–H and O–H groups in total. The molecule has 0 saturated carbocycles. The van der Waals surface area contributed by atoms with E-state index in [2.05, 4.69) is 44.5 Å². The normalized spacial score (nSPS) is 24.6. The number of piperidine rings is 1. The molecule has 1 aromatic heterocycles. The molecule has 124 valence electrons. The molecule has 0 unspecified atom stereocenters. The Hall–Kier alpha value is -0.910. The smallest absolute Gasteiger partial charge is 0.0945 e. The average Bonchev–Trinajstić information content (AvgIpc) is 2.97. The van der Waals surface area contributed by atoms with E-state index in [1.807, 2.05) is 12.5 Å². The lowest BCUT2D eigenvalue weighted by Crippen LogP contribution is -2.57. The molecule has 1 spiro atoms. The molecule has 2 saturated heterocycles. The summed E-state index contributed by atoms with van der Waals surface area (Å²) in [6.07, 6.45) is 11.0. The molecule has 2 aliphatic rings. The molecule has 22 heavy (non-hydrogen) atoms. The number of aromatic nitrogens is 2. The Morgan fingerprint density at radius 2 is 1.86 bits per heavy atom. The highest BCUT2D eigenvalue weighted by Crippen LogP contribution is 2.30. The SMILES string of the molecule is CN1CCC2(CC1)CN(CCCn1ccnc1)CCCN2C. The van der Waals surface area contributed by atoms with Crippen molar-refractivity contribution in [3.05, 3.63) is 18.7 Å². The first-order valence-electron chi connectivity index (χ1n) is 8.76. The van der Waals surface area contributed by atoms with Crippen LogP contribution in [0, 0.1) is 0 Å². The zero-order chi connectivity index (χ0) is 15.4. The van der Waals surface area contributed by atoms with Gasteiger partial charge in [-0.05, 0) is 72.5 Å². The predicted octanol–water partition coefficient (Wildman–Crippen LogP) is 1.38. The Bertz CT molecular complexity index is 436. The molecule has 0 aliphatic carbocycles. The van der Waals surface area contributed by atoms with Crippen LogP contribution >= 0.6 is 0 Å². The van der Waals surface area contributed by atoms with Gasteiger partial charge in [0.25, 0.3) is 0 Å². The van der Waals surface area contributed by atoms with Gasteiger partial charge in [0, 0.05) is 31.0 Å². The minimum atomic E-state index is 0.415. The van der Waals surface area contributed by atoms with Crippen LogP contribution in [0.2, 0.25) is 0 Å². The first kappa shape index (κ1) is 16.0. The van der Waals surface area contributed by atoms with E-state index in [4.69, 9.17) is 0 Å². The van der Waals surface area contributed by atoms with Gasteiger partial charge in [0.05, 0.1) is 6.33 Å². The summed E-state index contributed by atoms with van der Waals surface area (Å²) >= 11 is 0. The summed E-state index contributed by atoms with van der Waals surface area (Å²) in [5.41, 5.74) is 0.415. The van der Waals surface area contributed by atoms with E-state index >= 15 is 0 Å². The zero-order valence-corrected chi connectivity index (χ0v) is 14.2. The average molecular weight is 305 g/mol. The van der Waals surface area contributed by atoms with Crippen molar-refractivity contribution in [1.82, 2.24) is 24.3 Å². The second-order valence-electron chi connectivity index (χ2n) is 7.23. The van der Waals surface area contributed by atoms with Gasteiger partial charge in [-0.15, -0.1) is 0 Å². The Labute approximate surface area is 134 Å². The fraction of sp³-hybridized carbons (Fsp3) is 0.824. The van der Waals surface area contributed by atoms with E-state index in [1.54, 1.807) is 0 Å². The Balaban J connectivity index is 1.55. The zero-order valence-electron chi connectivity index (χ0n) is 14.2. The van der Waals surface area contributed by atoms with Gasteiger partial charge in [-0.3, -0.25) is 4.90 Å². The maximum atomic E-state index is 4.13. The highest BCUT2D eigenvalue weighted by molar-refractivity contribution is 4.97. The maximum Gasteiger partial charge on any atom is 0.0945 e. The van der Waals surface area contributed by atoms with Gasteiger partial charge >= 0.3 is 0 Å². The molecular weight excluding hydrogens is 274 g/mol. The van der Waals surface area contributed by atoms with Crippen molar-refractivity contribution < 1.29 is 0 Å². The van der Waals surface area contributed by atoms with Crippen LogP contribution in [-0.2, 0) is 6.54 Å². The molecule has 0 aromatic carbocycles. The molecule has 0 radical (unpaired) electrons. The van der Waals surface area contributed by atoms with Crippen LogP contribution in [0.25, 0.3) is 0 Å². The predicted molar refractivity (Wildman–Crippen MR) is 90.0 cm³/mol. The second kappa shape index (κ2) is 7.11. The summed E-state index contributed by atoms with van der Waals surface area (Å²) in [6, 6.07) is 0. The fourth-order valence-corrected chi connectivity index (χ4v) is 4.05. The summed E-state index contributed by atoms with van der Waals surface area (Å²) in [5, 5.41) is 0. The number of rotatable bonds is 4. The Kier molecular flexibility index (Phi) is 5.16. The largest absolute Gasteiger partial charge is 0.337 e. The monoisotopic (exact) mass is 305 g/mol. The molecule has 3 rings (SSSR count). The minimum absolute atomic E-state index is 0.415. The van der Waals surface area contributed by atoms with Crippen LogP contribution in [-0.4, -0.2) is 83.2 Å². The van der Waals surface area contributed by atoms with Crippen molar-refractivity contribution in [1.29, 1.82) is 0 Å². The first-order chi connectivity index (χ1) is 10.7. The van der Waals surface area contributed by atoms with Crippen LogP contribution < -0.4 is 0 Å². The molecular formula is C17H31N5. The lowest BCUT2D eigenvalue weighted by molar-refractivity contribution is 0.0348. The Morgan fingerprint density at radius 1 is 1.05 bits per heavy atom. The van der Waals surface area contributed by atoms with Crippen molar-refractivity contribution in [3.8, 4) is 0 Å². The van der Waals surface area contributed by atoms with Gasteiger partial charge in [0.2, 0.25) is 0 Å². The van der Waals surface area contributed by atoms with Crippen molar-refractivity contribution in [2.75, 3.05) is 53.4 Å². The first-order valence-corrected chi connectivity index (χ1v) is 8.76. The van der Waals surface area contributed by atoms with Crippen molar-refractivity contribution in [3.63, 3.8) is 0 Å². The summed E-state index contributed by atoms with van der Waals surface area (Å²) < 4.78 is 2.19. The summed E-state index contributed by atoms with van der Waals surface area (Å²) in [5.74, 6) is 0. The molecule has 2 aliphatic heterocycles. The molecule has 0 bridgehead atoms. The summed E-state index contributed by atoms with van der Waals surface area (Å²) in [7, 11) is 4.60. The minimum Gasteiger partial charge on any atom is -0.337 e. The molecule has 0 atom stereocenters. The van der Waals surface area contributed by atoms with Crippen molar-refractivity contribution in [2.24, 2.45) is 0 Å². The second-order valence-corrected chi connectivity index (χ2v) is 7.23. The third-order valence-corrected chi connectivity index (χ3v) is 5.66. The van der Waals surface area contributed by atoms with Gasteiger partial charge < -0.3 is 14.4 Å².